The summed E-state index contributed by atoms with van der Waals surface area (Å²) in [4.78, 5) is 21.6. The van der Waals surface area contributed by atoms with Crippen LogP contribution in [0.4, 0.5) is 5.69 Å². The third kappa shape index (κ3) is 5.75. The van der Waals surface area contributed by atoms with Crippen molar-refractivity contribution in [3.8, 4) is 11.1 Å². The first kappa shape index (κ1) is 24.2. The summed E-state index contributed by atoms with van der Waals surface area (Å²) >= 11 is 0. The van der Waals surface area contributed by atoms with Crippen molar-refractivity contribution in [3.63, 3.8) is 0 Å². The molecule has 2 heterocycles. The van der Waals surface area contributed by atoms with E-state index in [2.05, 4.69) is 43.0 Å². The summed E-state index contributed by atoms with van der Waals surface area (Å²) in [5, 5.41) is 9.71. The molecule has 0 aromatic heterocycles. The lowest BCUT2D eigenvalue weighted by Gasteiger charge is -2.22. The lowest BCUT2D eigenvalue weighted by molar-refractivity contribution is 0.0765. The van der Waals surface area contributed by atoms with Crippen LogP contribution in [0.3, 0.4) is 0 Å². The number of benzene rings is 2. The third-order valence-corrected chi connectivity index (χ3v) is 6.48. The summed E-state index contributed by atoms with van der Waals surface area (Å²) in [6.45, 7) is 8.55. The molecule has 1 amide bonds. The van der Waals surface area contributed by atoms with E-state index in [-0.39, 0.29) is 5.91 Å². The highest BCUT2D eigenvalue weighted by atomic mass is 16.3. The van der Waals surface area contributed by atoms with Gasteiger partial charge < -0.3 is 15.7 Å². The summed E-state index contributed by atoms with van der Waals surface area (Å²) in [5.74, 6) is 0.615. The quantitative estimate of drug-likeness (QED) is 0.609. The van der Waals surface area contributed by atoms with Crippen molar-refractivity contribution in [2.45, 2.75) is 45.6 Å². The Hall–Kier alpha value is -2.96. The van der Waals surface area contributed by atoms with E-state index in [9.17, 15) is 9.90 Å². The van der Waals surface area contributed by atoms with Crippen LogP contribution in [-0.4, -0.2) is 65.5 Å². The molecule has 1 fully saturated rings. The van der Waals surface area contributed by atoms with Crippen LogP contribution < -0.4 is 5.73 Å². The molecule has 6 heteroatoms. The van der Waals surface area contributed by atoms with Gasteiger partial charge in [-0.25, -0.2) is 4.99 Å². The van der Waals surface area contributed by atoms with Gasteiger partial charge in [-0.05, 0) is 67.3 Å². The van der Waals surface area contributed by atoms with E-state index in [4.69, 9.17) is 10.7 Å². The number of nitrogens with zero attached hydrogens (tertiary/aromatic N) is 3. The Labute approximate surface area is 202 Å². The summed E-state index contributed by atoms with van der Waals surface area (Å²) in [7, 11) is 0. The summed E-state index contributed by atoms with van der Waals surface area (Å²) < 4.78 is 0. The van der Waals surface area contributed by atoms with E-state index in [0.29, 0.717) is 37.3 Å². The average Bonchev–Trinajstić information content (AvgIpc) is 3.19. The number of hydrogen-bond donors (Lipinski definition) is 2. The number of rotatable bonds is 8. The number of fused-ring (bicyclic) bond motifs is 1. The third-order valence-electron chi connectivity index (χ3n) is 6.48. The van der Waals surface area contributed by atoms with Crippen molar-refractivity contribution in [1.29, 1.82) is 0 Å². The van der Waals surface area contributed by atoms with Crippen LogP contribution in [-0.2, 0) is 0 Å². The average molecular weight is 461 g/mol. The van der Waals surface area contributed by atoms with Crippen LogP contribution in [0.15, 0.2) is 53.0 Å². The maximum Gasteiger partial charge on any atom is 0.253 e. The molecule has 34 heavy (non-hydrogen) atoms. The lowest BCUT2D eigenvalue weighted by Crippen LogP contribution is -2.29. The Balaban J connectivity index is 1.53. The molecule has 2 aromatic rings. The van der Waals surface area contributed by atoms with Crippen LogP contribution in [0.1, 0.15) is 55.5 Å². The van der Waals surface area contributed by atoms with Crippen LogP contribution in [0.2, 0.25) is 0 Å². The molecular weight excluding hydrogens is 424 g/mol. The van der Waals surface area contributed by atoms with E-state index in [1.807, 2.05) is 24.3 Å². The van der Waals surface area contributed by atoms with Gasteiger partial charge >= 0.3 is 0 Å². The Kier molecular flexibility index (Phi) is 7.80. The Morgan fingerprint density at radius 2 is 1.82 bits per heavy atom. The number of likely N-dealkylation sites (tertiary alicyclic amines) is 1. The second-order valence-electron chi connectivity index (χ2n) is 9.40. The molecule has 1 saturated heterocycles. The van der Waals surface area contributed by atoms with Crippen molar-refractivity contribution >= 4 is 23.5 Å². The minimum absolute atomic E-state index is 0.0275. The summed E-state index contributed by atoms with van der Waals surface area (Å²) in [6, 6.07) is 14.0. The van der Waals surface area contributed by atoms with Gasteiger partial charge in [-0.1, -0.05) is 44.2 Å². The Morgan fingerprint density at radius 3 is 2.47 bits per heavy atom. The first-order chi connectivity index (χ1) is 16.5. The molecule has 2 aliphatic heterocycles. The van der Waals surface area contributed by atoms with Gasteiger partial charge in [0.2, 0.25) is 0 Å². The fraction of sp³-hybridized carbons (Fsp3) is 0.429. The van der Waals surface area contributed by atoms with Crippen molar-refractivity contribution in [2.75, 3.05) is 32.7 Å². The SMILES string of the molecule is CCCN(CCC)CC1=Cc2ccc(-c3ccc(C(=O)N4CCC(O)C4)cc3)cc2N=C(N)C1. The van der Waals surface area contributed by atoms with Crippen molar-refractivity contribution < 1.29 is 9.90 Å². The maximum atomic E-state index is 12.7. The number of aliphatic imine (C=N–C) groups is 1. The van der Waals surface area contributed by atoms with Gasteiger partial charge in [0, 0.05) is 37.2 Å². The number of amides is 1. The van der Waals surface area contributed by atoms with Crippen LogP contribution in [0.25, 0.3) is 17.2 Å². The Bertz CT molecular complexity index is 1070. The molecule has 0 aliphatic carbocycles. The van der Waals surface area contributed by atoms with Gasteiger partial charge in [0.25, 0.3) is 5.91 Å². The zero-order valence-electron chi connectivity index (χ0n) is 20.3. The first-order valence-electron chi connectivity index (χ1n) is 12.4. The molecule has 6 nitrogen and oxygen atoms in total. The zero-order chi connectivity index (χ0) is 24.1. The predicted molar refractivity (Wildman–Crippen MR) is 139 cm³/mol. The van der Waals surface area contributed by atoms with Gasteiger partial charge in [-0.2, -0.15) is 0 Å². The number of aliphatic hydroxyl groups excluding tert-OH is 1. The number of nitrogens with two attached hydrogens (primary N) is 1. The van der Waals surface area contributed by atoms with Crippen molar-refractivity contribution in [3.05, 3.63) is 59.2 Å². The predicted octanol–water partition coefficient (Wildman–Crippen LogP) is 4.46. The van der Waals surface area contributed by atoms with E-state index < -0.39 is 6.10 Å². The normalized spacial score (nSPS) is 17.9. The van der Waals surface area contributed by atoms with Gasteiger partial charge in [-0.3, -0.25) is 9.69 Å². The zero-order valence-corrected chi connectivity index (χ0v) is 20.3. The van der Waals surface area contributed by atoms with Crippen LogP contribution in [0.5, 0.6) is 0 Å². The number of β-amino-alcohol motifs (C(OH)–C–C–N with tert-alkyl or cyclic N) is 1. The van der Waals surface area contributed by atoms with Crippen LogP contribution >= 0.6 is 0 Å². The molecule has 0 saturated carbocycles. The van der Waals surface area contributed by atoms with E-state index >= 15 is 0 Å². The molecule has 4 rings (SSSR count). The van der Waals surface area contributed by atoms with E-state index in [1.165, 1.54) is 5.57 Å². The molecule has 1 atom stereocenters. The smallest absolute Gasteiger partial charge is 0.253 e. The van der Waals surface area contributed by atoms with Gasteiger partial charge in [0.15, 0.2) is 0 Å². The number of carbonyl (C=O) groups is 1. The molecular formula is C28H36N4O2. The second-order valence-corrected chi connectivity index (χ2v) is 9.40. The fourth-order valence-electron chi connectivity index (χ4n) is 4.85. The summed E-state index contributed by atoms with van der Waals surface area (Å²) in [5.41, 5.74) is 12.3. The van der Waals surface area contributed by atoms with Gasteiger partial charge in [0.05, 0.1) is 11.8 Å². The maximum absolute atomic E-state index is 12.7. The number of amidine groups is 1. The first-order valence-corrected chi connectivity index (χ1v) is 12.4. The number of hydrogen-bond acceptors (Lipinski definition) is 5. The minimum atomic E-state index is -0.410. The molecule has 0 spiro atoms. The lowest BCUT2D eigenvalue weighted by atomic mass is 10.00. The monoisotopic (exact) mass is 460 g/mol. The minimum Gasteiger partial charge on any atom is -0.391 e. The molecule has 1 unspecified atom stereocenters. The molecule has 2 aromatic carbocycles. The summed E-state index contributed by atoms with van der Waals surface area (Å²) in [6.07, 6.45) is 5.45. The highest BCUT2D eigenvalue weighted by molar-refractivity contribution is 5.95. The topological polar surface area (TPSA) is 82.2 Å². The van der Waals surface area contributed by atoms with Crippen molar-refractivity contribution in [2.24, 2.45) is 10.7 Å². The fourth-order valence-corrected chi connectivity index (χ4v) is 4.85. The highest BCUT2D eigenvalue weighted by Crippen LogP contribution is 2.32. The van der Waals surface area contributed by atoms with Crippen LogP contribution in [0, 0.1) is 0 Å². The molecule has 180 valence electrons. The van der Waals surface area contributed by atoms with Gasteiger partial charge in [-0.15, -0.1) is 0 Å². The van der Waals surface area contributed by atoms with Gasteiger partial charge in [0.1, 0.15) is 5.84 Å². The Morgan fingerprint density at radius 1 is 1.12 bits per heavy atom. The molecule has 0 bridgehead atoms. The van der Waals surface area contributed by atoms with E-state index in [0.717, 1.165) is 54.9 Å². The standard InChI is InChI=1S/C28H36N4O2/c1-3-12-31(13-4-2)18-20-15-24-10-9-23(17-26(24)30-27(29)16-20)21-5-7-22(8-6-21)28(34)32-14-11-25(33)19-32/h5-10,15,17,25,33H,3-4,11-14,16,18-19H2,1-2H3,(H2,29,30). The molecule has 3 N–H and O–H groups in total. The number of carbonyl (C=O) groups excluding carboxylic acids is 1. The highest BCUT2D eigenvalue weighted by Gasteiger charge is 2.25. The largest absolute Gasteiger partial charge is 0.391 e. The number of aliphatic hydroxyl groups is 1. The van der Waals surface area contributed by atoms with Crippen molar-refractivity contribution in [1.82, 2.24) is 9.80 Å². The molecule has 2 aliphatic rings. The molecule has 0 radical (unpaired) electrons. The second kappa shape index (κ2) is 11.0. The van der Waals surface area contributed by atoms with E-state index in [1.54, 1.807) is 4.90 Å².